The maximum Gasteiger partial charge on any atom is 0.134 e. The molecule has 1 atom stereocenters. The van der Waals surface area contributed by atoms with Gasteiger partial charge in [-0.25, -0.2) is 4.98 Å². The van der Waals surface area contributed by atoms with E-state index >= 15 is 0 Å². The lowest BCUT2D eigenvalue weighted by molar-refractivity contribution is 0.201. The maximum absolute atomic E-state index is 6.34. The van der Waals surface area contributed by atoms with Gasteiger partial charge in [0, 0.05) is 30.1 Å². The Balaban J connectivity index is 1.87. The van der Waals surface area contributed by atoms with Crippen molar-refractivity contribution >= 4 is 22.5 Å². The first kappa shape index (κ1) is 13.8. The normalized spacial score (nSPS) is 20.4. The summed E-state index contributed by atoms with van der Waals surface area (Å²) in [5, 5.41) is 1.76. The largest absolute Gasteiger partial charge is 0.327 e. The van der Waals surface area contributed by atoms with E-state index in [2.05, 4.69) is 41.1 Å². The highest BCUT2D eigenvalue weighted by Crippen LogP contribution is 2.23. The van der Waals surface area contributed by atoms with Crippen LogP contribution in [-0.2, 0) is 6.54 Å². The van der Waals surface area contributed by atoms with E-state index in [0.29, 0.717) is 11.2 Å². The van der Waals surface area contributed by atoms with Crippen LogP contribution in [0.15, 0.2) is 24.3 Å². The van der Waals surface area contributed by atoms with E-state index < -0.39 is 0 Å². The van der Waals surface area contributed by atoms with Gasteiger partial charge < -0.3 is 5.73 Å². The maximum atomic E-state index is 6.34. The second-order valence-corrected chi connectivity index (χ2v) is 6.13. The Morgan fingerprint density at radius 1 is 1.40 bits per heavy atom. The molecule has 0 bridgehead atoms. The van der Waals surface area contributed by atoms with Crippen LogP contribution in [0.4, 0.5) is 0 Å². The first-order valence-corrected chi connectivity index (χ1v) is 7.53. The van der Waals surface area contributed by atoms with Crippen LogP contribution in [-0.4, -0.2) is 29.0 Å². The number of pyridine rings is 1. The molecule has 20 heavy (non-hydrogen) atoms. The molecule has 1 aliphatic heterocycles. The Labute approximate surface area is 124 Å². The van der Waals surface area contributed by atoms with Crippen molar-refractivity contribution in [1.29, 1.82) is 0 Å². The number of nitrogens with two attached hydrogens (primary N) is 1. The number of nitrogens with zero attached hydrogens (tertiary/aromatic N) is 2. The molecule has 4 heteroatoms. The van der Waals surface area contributed by atoms with Crippen LogP contribution in [0.2, 0.25) is 5.15 Å². The lowest BCUT2D eigenvalue weighted by Crippen LogP contribution is -2.42. The summed E-state index contributed by atoms with van der Waals surface area (Å²) >= 11 is 6.34. The molecule has 106 valence electrons. The summed E-state index contributed by atoms with van der Waals surface area (Å²) in [6.45, 7) is 4.94. The molecule has 1 fully saturated rings. The van der Waals surface area contributed by atoms with Crippen molar-refractivity contribution in [2.75, 3.05) is 13.1 Å². The number of aryl methyl sites for hydroxylation is 1. The average molecular weight is 290 g/mol. The summed E-state index contributed by atoms with van der Waals surface area (Å²) in [5.74, 6) is 0. The van der Waals surface area contributed by atoms with Gasteiger partial charge in [0.2, 0.25) is 0 Å². The Morgan fingerprint density at radius 3 is 3.05 bits per heavy atom. The monoisotopic (exact) mass is 289 g/mol. The van der Waals surface area contributed by atoms with Gasteiger partial charge in [-0.1, -0.05) is 23.7 Å². The van der Waals surface area contributed by atoms with Gasteiger partial charge >= 0.3 is 0 Å². The third-order valence-corrected chi connectivity index (χ3v) is 4.26. The fourth-order valence-corrected chi connectivity index (χ4v) is 3.09. The summed E-state index contributed by atoms with van der Waals surface area (Å²) in [5.41, 5.74) is 9.30. The molecule has 2 N–H and O–H groups in total. The lowest BCUT2D eigenvalue weighted by Gasteiger charge is -2.30. The van der Waals surface area contributed by atoms with Crippen LogP contribution in [0.1, 0.15) is 24.0 Å². The quantitative estimate of drug-likeness (QED) is 0.864. The molecule has 1 aromatic heterocycles. The summed E-state index contributed by atoms with van der Waals surface area (Å²) < 4.78 is 0. The molecule has 1 aromatic carbocycles. The van der Waals surface area contributed by atoms with Crippen molar-refractivity contribution in [3.05, 3.63) is 40.5 Å². The molecular formula is C16H20ClN3. The van der Waals surface area contributed by atoms with E-state index in [1.165, 1.54) is 12.0 Å². The van der Waals surface area contributed by atoms with Gasteiger partial charge in [-0.3, -0.25) is 4.90 Å². The number of fused-ring (bicyclic) bond motifs is 1. The van der Waals surface area contributed by atoms with Gasteiger partial charge in [-0.05, 0) is 44.0 Å². The summed E-state index contributed by atoms with van der Waals surface area (Å²) in [7, 11) is 0. The first-order chi connectivity index (χ1) is 9.61. The number of hydrogen-bond acceptors (Lipinski definition) is 3. The molecule has 2 aromatic rings. The predicted octanol–water partition coefficient (Wildman–Crippen LogP) is 3.12. The van der Waals surface area contributed by atoms with Gasteiger partial charge in [0.15, 0.2) is 0 Å². The minimum atomic E-state index is 0.290. The zero-order chi connectivity index (χ0) is 14.1. The molecule has 0 spiro atoms. The zero-order valence-corrected chi connectivity index (χ0v) is 12.5. The molecule has 3 nitrogen and oxygen atoms in total. The minimum Gasteiger partial charge on any atom is -0.327 e. The second kappa shape index (κ2) is 5.68. The number of rotatable bonds is 2. The molecule has 0 aliphatic carbocycles. The lowest BCUT2D eigenvalue weighted by atomic mass is 10.1. The van der Waals surface area contributed by atoms with Crippen molar-refractivity contribution in [2.45, 2.75) is 32.4 Å². The Hall–Kier alpha value is -1.16. The Kier molecular flexibility index (Phi) is 3.92. The second-order valence-electron chi connectivity index (χ2n) is 5.77. The van der Waals surface area contributed by atoms with Crippen LogP contribution in [0.3, 0.4) is 0 Å². The molecule has 0 unspecified atom stereocenters. The number of benzene rings is 1. The number of halogens is 1. The van der Waals surface area contributed by atoms with E-state index in [1.807, 2.05) is 0 Å². The third-order valence-electron chi connectivity index (χ3n) is 3.94. The van der Waals surface area contributed by atoms with Gasteiger partial charge in [0.25, 0.3) is 0 Å². The van der Waals surface area contributed by atoms with Crippen molar-refractivity contribution in [1.82, 2.24) is 9.88 Å². The highest BCUT2D eigenvalue weighted by atomic mass is 35.5. The van der Waals surface area contributed by atoms with Crippen molar-refractivity contribution in [3.8, 4) is 0 Å². The fourth-order valence-electron chi connectivity index (χ4n) is 2.88. The van der Waals surface area contributed by atoms with E-state index in [-0.39, 0.29) is 0 Å². The topological polar surface area (TPSA) is 42.1 Å². The highest BCUT2D eigenvalue weighted by Gasteiger charge is 2.18. The van der Waals surface area contributed by atoms with Gasteiger partial charge in [0.1, 0.15) is 5.15 Å². The van der Waals surface area contributed by atoms with Crippen LogP contribution < -0.4 is 5.73 Å². The average Bonchev–Trinajstić information content (AvgIpc) is 2.40. The van der Waals surface area contributed by atoms with Crippen LogP contribution in [0.5, 0.6) is 0 Å². The van der Waals surface area contributed by atoms with E-state index in [4.69, 9.17) is 17.3 Å². The van der Waals surface area contributed by atoms with Crippen LogP contribution >= 0.6 is 11.6 Å². The molecule has 1 aliphatic rings. The Morgan fingerprint density at radius 2 is 2.25 bits per heavy atom. The zero-order valence-electron chi connectivity index (χ0n) is 11.8. The first-order valence-electron chi connectivity index (χ1n) is 7.15. The molecular weight excluding hydrogens is 270 g/mol. The fraction of sp³-hybridized carbons (Fsp3) is 0.438. The smallest absolute Gasteiger partial charge is 0.134 e. The van der Waals surface area contributed by atoms with E-state index in [1.54, 1.807) is 0 Å². The SMILES string of the molecule is Cc1ccc2cc(CN3CCC[C@@H](N)C3)c(Cl)nc2c1. The van der Waals surface area contributed by atoms with E-state index in [9.17, 15) is 0 Å². The number of aromatic nitrogens is 1. The van der Waals surface area contributed by atoms with Crippen molar-refractivity contribution in [2.24, 2.45) is 5.73 Å². The molecule has 0 amide bonds. The third kappa shape index (κ3) is 2.95. The van der Waals surface area contributed by atoms with Crippen LogP contribution in [0.25, 0.3) is 10.9 Å². The van der Waals surface area contributed by atoms with Crippen molar-refractivity contribution < 1.29 is 0 Å². The molecule has 0 saturated carbocycles. The predicted molar refractivity (Wildman–Crippen MR) is 84.0 cm³/mol. The summed E-state index contributed by atoms with van der Waals surface area (Å²) in [4.78, 5) is 6.90. The Bertz CT molecular complexity index is 626. The number of piperidine rings is 1. The molecule has 0 radical (unpaired) electrons. The van der Waals surface area contributed by atoms with Crippen molar-refractivity contribution in [3.63, 3.8) is 0 Å². The minimum absolute atomic E-state index is 0.290. The number of likely N-dealkylation sites (tertiary alicyclic amines) is 1. The summed E-state index contributed by atoms with van der Waals surface area (Å²) in [6, 6.07) is 8.74. The van der Waals surface area contributed by atoms with Gasteiger partial charge in [-0.15, -0.1) is 0 Å². The highest BCUT2D eigenvalue weighted by molar-refractivity contribution is 6.30. The van der Waals surface area contributed by atoms with Gasteiger partial charge in [-0.2, -0.15) is 0 Å². The molecule has 3 rings (SSSR count). The standard InChI is InChI=1S/C16H20ClN3/c1-11-4-5-12-8-13(16(17)19-15(12)7-11)9-20-6-2-3-14(18)10-20/h4-5,7-8,14H,2-3,6,9-10,18H2,1H3/t14-/m1/s1. The summed E-state index contributed by atoms with van der Waals surface area (Å²) in [6.07, 6.45) is 2.29. The van der Waals surface area contributed by atoms with Crippen LogP contribution in [0, 0.1) is 6.92 Å². The molecule has 1 saturated heterocycles. The van der Waals surface area contributed by atoms with E-state index in [0.717, 1.165) is 42.5 Å². The molecule has 2 heterocycles. The van der Waals surface area contributed by atoms with Gasteiger partial charge in [0.05, 0.1) is 5.52 Å². The number of hydrogen-bond donors (Lipinski definition) is 1.